The lowest BCUT2D eigenvalue weighted by Gasteiger charge is -1.96. The maximum absolute atomic E-state index is 10.9. The van der Waals surface area contributed by atoms with Gasteiger partial charge in [-0.15, -0.1) is 0 Å². The second-order valence-electron chi connectivity index (χ2n) is 3.77. The van der Waals surface area contributed by atoms with Crippen LogP contribution in [0.3, 0.4) is 0 Å². The Kier molecular flexibility index (Phi) is 3.87. The lowest BCUT2D eigenvalue weighted by Crippen LogP contribution is -1.90. The van der Waals surface area contributed by atoms with Gasteiger partial charge in [0.05, 0.1) is 4.92 Å². The number of nitro groups is 1. The predicted octanol–water partition coefficient (Wildman–Crippen LogP) is 4.37. The van der Waals surface area contributed by atoms with Crippen LogP contribution in [0.4, 0.5) is 5.69 Å². The topological polar surface area (TPSA) is 69.2 Å². The summed E-state index contributed by atoms with van der Waals surface area (Å²) in [6.45, 7) is 1.51. The lowest BCUT2D eigenvalue weighted by molar-refractivity contribution is -0.386. The van der Waals surface area contributed by atoms with Crippen LogP contribution < -0.4 is 0 Å². The highest BCUT2D eigenvalue weighted by molar-refractivity contribution is 6.34. The molecule has 0 N–H and O–H groups in total. The summed E-state index contributed by atoms with van der Waals surface area (Å²) < 4.78 is 4.89. The van der Waals surface area contributed by atoms with Crippen molar-refractivity contribution in [1.82, 2.24) is 5.16 Å². The summed E-state index contributed by atoms with van der Waals surface area (Å²) in [7, 11) is 0. The van der Waals surface area contributed by atoms with Gasteiger partial charge in [0, 0.05) is 10.0 Å². The number of rotatable bonds is 3. The van der Waals surface area contributed by atoms with E-state index < -0.39 is 4.92 Å². The lowest BCUT2D eigenvalue weighted by atomic mass is 10.2. The fraction of sp³-hybridized carbons (Fsp3) is 0.0833. The molecule has 19 heavy (non-hydrogen) atoms. The summed E-state index contributed by atoms with van der Waals surface area (Å²) in [5.41, 5.74) is 0.791. The minimum atomic E-state index is -0.531. The van der Waals surface area contributed by atoms with Crippen LogP contribution in [0.5, 0.6) is 0 Å². The summed E-state index contributed by atoms with van der Waals surface area (Å²) >= 11 is 11.7. The number of benzene rings is 1. The van der Waals surface area contributed by atoms with Gasteiger partial charge in [-0.25, -0.2) is 0 Å². The van der Waals surface area contributed by atoms with E-state index in [-0.39, 0.29) is 17.1 Å². The van der Waals surface area contributed by atoms with E-state index in [2.05, 4.69) is 5.16 Å². The van der Waals surface area contributed by atoms with Gasteiger partial charge < -0.3 is 4.52 Å². The van der Waals surface area contributed by atoms with Crippen molar-refractivity contribution in [3.63, 3.8) is 0 Å². The Morgan fingerprint density at radius 1 is 1.26 bits per heavy atom. The molecule has 2 rings (SSSR count). The van der Waals surface area contributed by atoms with Gasteiger partial charge in [-0.3, -0.25) is 10.1 Å². The maximum Gasteiger partial charge on any atom is 0.338 e. The van der Waals surface area contributed by atoms with E-state index >= 15 is 0 Å². The molecule has 0 saturated heterocycles. The van der Waals surface area contributed by atoms with Crippen LogP contribution in [-0.2, 0) is 0 Å². The molecule has 0 atom stereocenters. The minimum absolute atomic E-state index is 0.0820. The Hall–Kier alpha value is -1.85. The molecule has 0 aliphatic carbocycles. The Bertz CT molecular complexity index is 645. The molecule has 7 heteroatoms. The summed E-state index contributed by atoms with van der Waals surface area (Å²) in [6, 6.07) is 4.96. The number of aromatic nitrogens is 1. The molecule has 2 aromatic rings. The van der Waals surface area contributed by atoms with E-state index in [0.29, 0.717) is 15.6 Å². The predicted molar refractivity (Wildman–Crippen MR) is 73.3 cm³/mol. The standard InChI is InChI=1S/C12H8Cl2N2O3/c1-7-12(16(17)18)11(19-15-7)3-2-8-4-9(13)6-10(14)5-8/h2-6H,1H3. The number of hydrogen-bond donors (Lipinski definition) is 0. The molecule has 0 bridgehead atoms. The normalized spacial score (nSPS) is 11.1. The minimum Gasteiger partial charge on any atom is -0.349 e. The van der Waals surface area contributed by atoms with Crippen LogP contribution in [0.2, 0.25) is 10.0 Å². The number of aryl methyl sites for hydroxylation is 1. The molecule has 0 amide bonds. The van der Waals surface area contributed by atoms with Crippen molar-refractivity contribution in [3.05, 3.63) is 55.4 Å². The van der Waals surface area contributed by atoms with Gasteiger partial charge in [-0.2, -0.15) is 0 Å². The molecule has 1 aromatic heterocycles. The van der Waals surface area contributed by atoms with E-state index in [4.69, 9.17) is 27.7 Å². The Morgan fingerprint density at radius 3 is 2.47 bits per heavy atom. The third-order valence-corrected chi connectivity index (χ3v) is 2.79. The van der Waals surface area contributed by atoms with E-state index in [1.807, 2.05) is 0 Å². The van der Waals surface area contributed by atoms with E-state index in [9.17, 15) is 10.1 Å². The first kappa shape index (κ1) is 13.6. The van der Waals surface area contributed by atoms with Crippen molar-refractivity contribution in [2.75, 3.05) is 0 Å². The number of halogens is 2. The van der Waals surface area contributed by atoms with Crippen molar-refractivity contribution in [3.8, 4) is 0 Å². The fourth-order valence-electron chi connectivity index (χ4n) is 1.56. The molecule has 0 radical (unpaired) electrons. The Morgan fingerprint density at radius 2 is 1.89 bits per heavy atom. The highest BCUT2D eigenvalue weighted by atomic mass is 35.5. The Labute approximate surface area is 118 Å². The van der Waals surface area contributed by atoms with Gasteiger partial charge >= 0.3 is 5.69 Å². The third-order valence-electron chi connectivity index (χ3n) is 2.35. The van der Waals surface area contributed by atoms with Crippen molar-refractivity contribution in [2.45, 2.75) is 6.92 Å². The van der Waals surface area contributed by atoms with Gasteiger partial charge in [0.25, 0.3) is 0 Å². The molecule has 0 aliphatic rings. The second kappa shape index (κ2) is 5.42. The maximum atomic E-state index is 10.9. The zero-order valence-corrected chi connectivity index (χ0v) is 11.3. The van der Waals surface area contributed by atoms with Crippen LogP contribution >= 0.6 is 23.2 Å². The summed E-state index contributed by atoms with van der Waals surface area (Å²) in [5, 5.41) is 15.4. The quantitative estimate of drug-likeness (QED) is 0.623. The van der Waals surface area contributed by atoms with E-state index in [1.165, 1.54) is 13.0 Å². The van der Waals surface area contributed by atoms with Gasteiger partial charge in [0.15, 0.2) is 5.69 Å². The van der Waals surface area contributed by atoms with Crippen molar-refractivity contribution in [1.29, 1.82) is 0 Å². The van der Waals surface area contributed by atoms with Crippen LogP contribution in [0, 0.1) is 17.0 Å². The first-order valence-electron chi connectivity index (χ1n) is 5.22. The molecular formula is C12H8Cl2N2O3. The summed E-state index contributed by atoms with van der Waals surface area (Å²) in [4.78, 5) is 10.3. The van der Waals surface area contributed by atoms with Gasteiger partial charge in [0.1, 0.15) is 0 Å². The first-order chi connectivity index (χ1) is 8.97. The highest BCUT2D eigenvalue weighted by Crippen LogP contribution is 2.25. The summed E-state index contributed by atoms with van der Waals surface area (Å²) in [5.74, 6) is 0.0820. The molecule has 0 fully saturated rings. The average Bonchev–Trinajstić information content (AvgIpc) is 2.66. The molecule has 0 saturated carbocycles. The average molecular weight is 299 g/mol. The molecule has 1 heterocycles. The molecular weight excluding hydrogens is 291 g/mol. The van der Waals surface area contributed by atoms with Crippen molar-refractivity contribution >= 4 is 41.0 Å². The molecule has 0 unspecified atom stereocenters. The van der Waals surface area contributed by atoms with Crippen LogP contribution in [0.25, 0.3) is 12.2 Å². The number of hydrogen-bond acceptors (Lipinski definition) is 4. The molecule has 1 aromatic carbocycles. The SMILES string of the molecule is Cc1noc(C=Cc2cc(Cl)cc(Cl)c2)c1[N+](=O)[O-]. The molecule has 5 nitrogen and oxygen atoms in total. The largest absolute Gasteiger partial charge is 0.349 e. The smallest absolute Gasteiger partial charge is 0.338 e. The fourth-order valence-corrected chi connectivity index (χ4v) is 2.10. The number of nitrogens with zero attached hydrogens (tertiary/aromatic N) is 2. The molecule has 0 aliphatic heterocycles. The highest BCUT2D eigenvalue weighted by Gasteiger charge is 2.21. The summed E-state index contributed by atoms with van der Waals surface area (Å²) in [6.07, 6.45) is 3.07. The second-order valence-corrected chi connectivity index (χ2v) is 4.65. The van der Waals surface area contributed by atoms with Crippen LogP contribution in [-0.4, -0.2) is 10.1 Å². The van der Waals surface area contributed by atoms with Crippen molar-refractivity contribution < 1.29 is 9.45 Å². The zero-order valence-electron chi connectivity index (χ0n) is 9.76. The molecule has 98 valence electrons. The van der Waals surface area contributed by atoms with Gasteiger partial charge in [0.2, 0.25) is 5.76 Å². The van der Waals surface area contributed by atoms with Crippen LogP contribution in [0.1, 0.15) is 17.0 Å². The van der Waals surface area contributed by atoms with E-state index in [0.717, 1.165) is 0 Å². The van der Waals surface area contributed by atoms with Gasteiger partial charge in [-0.1, -0.05) is 34.4 Å². The van der Waals surface area contributed by atoms with Crippen molar-refractivity contribution in [2.24, 2.45) is 0 Å². The first-order valence-corrected chi connectivity index (χ1v) is 5.98. The third kappa shape index (κ3) is 3.13. The van der Waals surface area contributed by atoms with E-state index in [1.54, 1.807) is 24.3 Å². The zero-order chi connectivity index (χ0) is 14.0. The van der Waals surface area contributed by atoms with Crippen LogP contribution in [0.15, 0.2) is 22.7 Å². The van der Waals surface area contributed by atoms with Gasteiger partial charge in [-0.05, 0) is 36.8 Å². The Balaban J connectivity index is 2.35. The molecule has 0 spiro atoms. The monoisotopic (exact) mass is 298 g/mol.